The zero-order valence-electron chi connectivity index (χ0n) is 17.6. The second-order valence-corrected chi connectivity index (χ2v) is 7.85. The van der Waals surface area contributed by atoms with Crippen LogP contribution in [0.5, 0.6) is 0 Å². The Morgan fingerprint density at radius 3 is 2.00 bits per heavy atom. The van der Waals surface area contributed by atoms with Gasteiger partial charge in [0.15, 0.2) is 0 Å². The highest BCUT2D eigenvalue weighted by atomic mass is 16.2. The number of carbonyl (C=O) groups is 2. The molecule has 1 N–H and O–H groups in total. The van der Waals surface area contributed by atoms with E-state index in [4.69, 9.17) is 0 Å². The fourth-order valence-corrected chi connectivity index (χ4v) is 3.99. The van der Waals surface area contributed by atoms with Crippen molar-refractivity contribution in [3.8, 4) is 0 Å². The molecule has 0 aromatic heterocycles. The van der Waals surface area contributed by atoms with Crippen molar-refractivity contribution >= 4 is 28.8 Å². The zero-order valence-corrected chi connectivity index (χ0v) is 17.6. The largest absolute Gasteiger partial charge is 0.350 e. The molecule has 0 spiro atoms. The maximum Gasteiger partial charge on any atom is 0.282 e. The lowest BCUT2D eigenvalue weighted by Crippen LogP contribution is -2.32. The van der Waals surface area contributed by atoms with Gasteiger partial charge in [-0.25, -0.2) is 4.90 Å². The van der Waals surface area contributed by atoms with Gasteiger partial charge in [-0.3, -0.25) is 9.59 Å². The van der Waals surface area contributed by atoms with E-state index < -0.39 is 0 Å². The molecular weight excluding hydrogens is 372 g/mol. The zero-order chi connectivity index (χ0) is 21.4. The second-order valence-electron chi connectivity index (χ2n) is 7.85. The number of nitrogens with one attached hydrogen (secondary N) is 1. The van der Waals surface area contributed by atoms with Crippen molar-refractivity contribution in [2.45, 2.75) is 27.7 Å². The van der Waals surface area contributed by atoms with E-state index in [2.05, 4.69) is 11.4 Å². The number of benzene rings is 3. The SMILES string of the molecule is Cc1cc(C)cc(NC2=C(c3ccc(C)cc3C)C(=O)N(c3ccccc3)C2=O)c1. The molecule has 0 bridgehead atoms. The van der Waals surface area contributed by atoms with Gasteiger partial charge in [-0.1, -0.05) is 48.0 Å². The van der Waals surface area contributed by atoms with Gasteiger partial charge in [0.2, 0.25) is 0 Å². The van der Waals surface area contributed by atoms with Crippen molar-refractivity contribution in [2.24, 2.45) is 0 Å². The summed E-state index contributed by atoms with van der Waals surface area (Å²) in [4.78, 5) is 28.2. The molecule has 150 valence electrons. The highest BCUT2D eigenvalue weighted by molar-refractivity contribution is 6.46. The summed E-state index contributed by atoms with van der Waals surface area (Å²) >= 11 is 0. The van der Waals surface area contributed by atoms with Crippen molar-refractivity contribution in [3.05, 3.63) is 100 Å². The molecule has 0 radical (unpaired) electrons. The van der Waals surface area contributed by atoms with Crippen molar-refractivity contribution in [1.29, 1.82) is 0 Å². The summed E-state index contributed by atoms with van der Waals surface area (Å²) in [7, 11) is 0. The lowest BCUT2D eigenvalue weighted by molar-refractivity contribution is -0.120. The number of hydrogen-bond acceptors (Lipinski definition) is 3. The number of para-hydroxylation sites is 1. The number of hydrogen-bond donors (Lipinski definition) is 1. The van der Waals surface area contributed by atoms with Crippen LogP contribution in [0.2, 0.25) is 0 Å². The minimum absolute atomic E-state index is 0.306. The number of amides is 2. The Balaban J connectivity index is 1.88. The van der Waals surface area contributed by atoms with Gasteiger partial charge in [-0.2, -0.15) is 0 Å². The summed E-state index contributed by atoms with van der Waals surface area (Å²) in [5.41, 5.74) is 7.07. The summed E-state index contributed by atoms with van der Waals surface area (Å²) in [5, 5.41) is 3.26. The van der Waals surface area contributed by atoms with Gasteiger partial charge in [0.25, 0.3) is 11.8 Å². The molecule has 1 heterocycles. The van der Waals surface area contributed by atoms with Crippen molar-refractivity contribution in [1.82, 2.24) is 0 Å². The Bertz CT molecular complexity index is 1170. The number of anilines is 2. The van der Waals surface area contributed by atoms with Crippen LogP contribution in [-0.4, -0.2) is 11.8 Å². The molecule has 3 aromatic carbocycles. The first-order valence-corrected chi connectivity index (χ1v) is 9.96. The van der Waals surface area contributed by atoms with Crippen LogP contribution in [0, 0.1) is 27.7 Å². The smallest absolute Gasteiger partial charge is 0.282 e. The quantitative estimate of drug-likeness (QED) is 0.608. The summed E-state index contributed by atoms with van der Waals surface area (Å²) < 4.78 is 0. The third kappa shape index (κ3) is 3.52. The third-order valence-corrected chi connectivity index (χ3v) is 5.24. The molecule has 0 atom stereocenters. The van der Waals surface area contributed by atoms with Gasteiger partial charge in [0, 0.05) is 5.69 Å². The predicted octanol–water partition coefficient (Wildman–Crippen LogP) is 5.32. The molecule has 0 unspecified atom stereocenters. The molecule has 4 heteroatoms. The van der Waals surface area contributed by atoms with E-state index in [-0.39, 0.29) is 11.8 Å². The maximum absolute atomic E-state index is 13.5. The predicted molar refractivity (Wildman–Crippen MR) is 121 cm³/mol. The summed E-state index contributed by atoms with van der Waals surface area (Å²) in [6.07, 6.45) is 0. The standard InChI is InChI=1S/C26H24N2O2/c1-16-10-11-22(19(4)13-16)23-24(27-20-14-17(2)12-18(3)15-20)26(30)28(25(23)29)21-8-6-5-7-9-21/h5-15,27H,1-4H3. The molecule has 1 aliphatic heterocycles. The topological polar surface area (TPSA) is 49.4 Å². The van der Waals surface area contributed by atoms with E-state index >= 15 is 0 Å². The molecule has 3 aromatic rings. The number of carbonyl (C=O) groups excluding carboxylic acids is 2. The Morgan fingerprint density at radius 2 is 1.37 bits per heavy atom. The normalized spacial score (nSPS) is 13.9. The molecule has 1 aliphatic rings. The molecular formula is C26H24N2O2. The number of rotatable bonds is 4. The van der Waals surface area contributed by atoms with Crippen LogP contribution in [-0.2, 0) is 9.59 Å². The lowest BCUT2D eigenvalue weighted by Gasteiger charge is -2.15. The van der Waals surface area contributed by atoms with Crippen LogP contribution < -0.4 is 10.2 Å². The van der Waals surface area contributed by atoms with Crippen molar-refractivity contribution in [2.75, 3.05) is 10.2 Å². The highest BCUT2D eigenvalue weighted by Gasteiger charge is 2.40. The fourth-order valence-electron chi connectivity index (χ4n) is 3.99. The second kappa shape index (κ2) is 7.64. The molecule has 30 heavy (non-hydrogen) atoms. The Hall–Kier alpha value is -3.66. The van der Waals surface area contributed by atoms with E-state index in [0.717, 1.165) is 33.5 Å². The first-order chi connectivity index (χ1) is 14.3. The van der Waals surface area contributed by atoms with Crippen LogP contribution in [0.1, 0.15) is 27.8 Å². The molecule has 0 fully saturated rings. The van der Waals surface area contributed by atoms with Crippen LogP contribution in [0.4, 0.5) is 11.4 Å². The minimum Gasteiger partial charge on any atom is -0.350 e. The van der Waals surface area contributed by atoms with E-state index in [0.29, 0.717) is 17.0 Å². The monoisotopic (exact) mass is 396 g/mol. The van der Waals surface area contributed by atoms with Crippen LogP contribution in [0.25, 0.3) is 5.57 Å². The maximum atomic E-state index is 13.5. The van der Waals surface area contributed by atoms with E-state index in [1.165, 1.54) is 4.90 Å². The summed E-state index contributed by atoms with van der Waals surface area (Å²) in [6, 6.07) is 21.0. The first kappa shape index (κ1) is 19.6. The molecule has 0 saturated carbocycles. The molecule has 4 rings (SSSR count). The van der Waals surface area contributed by atoms with Gasteiger partial charge in [0.1, 0.15) is 5.70 Å². The summed E-state index contributed by atoms with van der Waals surface area (Å²) in [6.45, 7) is 8.00. The number of nitrogens with zero attached hydrogens (tertiary/aromatic N) is 1. The Labute approximate surface area is 176 Å². The van der Waals surface area contributed by atoms with Gasteiger partial charge in [0.05, 0.1) is 11.3 Å². The third-order valence-electron chi connectivity index (χ3n) is 5.24. The van der Waals surface area contributed by atoms with Gasteiger partial charge in [-0.05, 0) is 74.2 Å². The molecule has 4 nitrogen and oxygen atoms in total. The van der Waals surface area contributed by atoms with Gasteiger partial charge < -0.3 is 5.32 Å². The Kier molecular flexibility index (Phi) is 5.00. The average Bonchev–Trinajstić information content (AvgIpc) is 2.92. The van der Waals surface area contributed by atoms with Crippen molar-refractivity contribution < 1.29 is 9.59 Å². The Morgan fingerprint density at radius 1 is 0.700 bits per heavy atom. The highest BCUT2D eigenvalue weighted by Crippen LogP contribution is 2.35. The van der Waals surface area contributed by atoms with E-state index in [1.54, 1.807) is 12.1 Å². The number of aryl methyl sites for hydroxylation is 4. The molecule has 2 amide bonds. The van der Waals surface area contributed by atoms with Gasteiger partial charge >= 0.3 is 0 Å². The molecule has 0 saturated heterocycles. The molecule has 0 aliphatic carbocycles. The van der Waals surface area contributed by atoms with Crippen LogP contribution in [0.15, 0.2) is 72.4 Å². The lowest BCUT2D eigenvalue weighted by atomic mass is 9.97. The van der Waals surface area contributed by atoms with Crippen molar-refractivity contribution in [3.63, 3.8) is 0 Å². The summed E-state index contributed by atoms with van der Waals surface area (Å²) in [5.74, 6) is -0.662. The minimum atomic E-state index is -0.347. The first-order valence-electron chi connectivity index (χ1n) is 9.96. The van der Waals surface area contributed by atoms with E-state index in [1.807, 2.05) is 76.2 Å². The number of imide groups is 1. The van der Waals surface area contributed by atoms with Crippen LogP contribution in [0.3, 0.4) is 0 Å². The van der Waals surface area contributed by atoms with Crippen LogP contribution >= 0.6 is 0 Å². The van der Waals surface area contributed by atoms with Gasteiger partial charge in [-0.15, -0.1) is 0 Å². The fraction of sp³-hybridized carbons (Fsp3) is 0.154. The average molecular weight is 396 g/mol. The van der Waals surface area contributed by atoms with E-state index in [9.17, 15) is 9.59 Å².